The van der Waals surface area contributed by atoms with Crippen LogP contribution in [0, 0.1) is 0 Å². The Morgan fingerprint density at radius 2 is 1.92 bits per heavy atom. The zero-order valence-corrected chi connectivity index (χ0v) is 8.85. The number of rotatable bonds is 4. The first kappa shape index (κ1) is 11.3. The summed E-state index contributed by atoms with van der Waals surface area (Å²) in [6, 6.07) is 0. The lowest BCUT2D eigenvalue weighted by Crippen LogP contribution is -2.36. The van der Waals surface area contributed by atoms with E-state index in [9.17, 15) is 0 Å². The molecule has 0 aliphatic heterocycles. The van der Waals surface area contributed by atoms with Crippen LogP contribution in [0.5, 0.6) is 0 Å². The molecule has 0 aromatic heterocycles. The molecule has 0 aromatic carbocycles. The molecule has 0 fully saturated rings. The lowest BCUT2D eigenvalue weighted by atomic mass is 10.1. The summed E-state index contributed by atoms with van der Waals surface area (Å²) in [6.07, 6.45) is 3.96. The molecule has 0 aliphatic rings. The van der Waals surface area contributed by atoms with Gasteiger partial charge in [0, 0.05) is 18.3 Å². The number of hydrogen-bond acceptors (Lipinski definition) is 1. The maximum Gasteiger partial charge on any atom is 0.0311 e. The minimum absolute atomic E-state index is 0.179. The standard InChI is InChI=1S/C11H21N/c1-7-8-9-10(2)12(6)11(3,4)5/h7H,1-2,8-9H2,3-6H3. The molecule has 0 aromatic rings. The fourth-order valence-corrected chi connectivity index (χ4v) is 0.911. The molecule has 0 saturated carbocycles. The van der Waals surface area contributed by atoms with Crippen molar-refractivity contribution in [2.75, 3.05) is 7.05 Å². The Labute approximate surface area is 76.8 Å². The normalized spacial score (nSPS) is 11.0. The van der Waals surface area contributed by atoms with Gasteiger partial charge in [-0.2, -0.15) is 0 Å². The predicted octanol–water partition coefficient (Wildman–Crippen LogP) is 3.20. The molecule has 0 unspecified atom stereocenters. The van der Waals surface area contributed by atoms with Crippen LogP contribution in [-0.2, 0) is 0 Å². The van der Waals surface area contributed by atoms with Crippen LogP contribution in [0.25, 0.3) is 0 Å². The lowest BCUT2D eigenvalue weighted by Gasteiger charge is -2.35. The molecule has 1 heteroatoms. The largest absolute Gasteiger partial charge is 0.374 e. The Kier molecular flexibility index (Phi) is 4.08. The third kappa shape index (κ3) is 3.61. The minimum atomic E-state index is 0.179. The van der Waals surface area contributed by atoms with E-state index < -0.39 is 0 Å². The smallest absolute Gasteiger partial charge is 0.0311 e. The van der Waals surface area contributed by atoms with Crippen molar-refractivity contribution in [1.29, 1.82) is 0 Å². The highest BCUT2D eigenvalue weighted by molar-refractivity contribution is 4.98. The van der Waals surface area contributed by atoms with Crippen molar-refractivity contribution in [2.24, 2.45) is 0 Å². The van der Waals surface area contributed by atoms with Gasteiger partial charge in [-0.1, -0.05) is 12.7 Å². The fourth-order valence-electron chi connectivity index (χ4n) is 0.911. The molecule has 0 saturated heterocycles. The summed E-state index contributed by atoms with van der Waals surface area (Å²) in [4.78, 5) is 2.22. The van der Waals surface area contributed by atoms with Gasteiger partial charge < -0.3 is 4.90 Å². The van der Waals surface area contributed by atoms with E-state index in [4.69, 9.17) is 0 Å². The summed E-state index contributed by atoms with van der Waals surface area (Å²) >= 11 is 0. The van der Waals surface area contributed by atoms with Gasteiger partial charge in [0.1, 0.15) is 0 Å². The second-order valence-corrected chi connectivity index (χ2v) is 4.12. The van der Waals surface area contributed by atoms with Gasteiger partial charge in [-0.25, -0.2) is 0 Å². The number of nitrogens with zero attached hydrogens (tertiary/aromatic N) is 1. The molecule has 1 nitrogen and oxygen atoms in total. The molecule has 0 rings (SSSR count). The van der Waals surface area contributed by atoms with Gasteiger partial charge in [-0.05, 0) is 33.6 Å². The average molecular weight is 167 g/mol. The van der Waals surface area contributed by atoms with Gasteiger partial charge in [-0.3, -0.25) is 0 Å². The lowest BCUT2D eigenvalue weighted by molar-refractivity contribution is 0.222. The Morgan fingerprint density at radius 1 is 1.42 bits per heavy atom. The summed E-state index contributed by atoms with van der Waals surface area (Å²) in [5.41, 5.74) is 1.36. The monoisotopic (exact) mass is 167 g/mol. The molecule has 0 spiro atoms. The first-order valence-corrected chi connectivity index (χ1v) is 4.42. The van der Waals surface area contributed by atoms with E-state index in [2.05, 4.69) is 45.9 Å². The van der Waals surface area contributed by atoms with Gasteiger partial charge in [0.2, 0.25) is 0 Å². The second-order valence-electron chi connectivity index (χ2n) is 4.12. The summed E-state index contributed by atoms with van der Waals surface area (Å²) in [7, 11) is 2.09. The van der Waals surface area contributed by atoms with Crippen molar-refractivity contribution < 1.29 is 0 Å². The van der Waals surface area contributed by atoms with Crippen LogP contribution < -0.4 is 0 Å². The van der Waals surface area contributed by atoms with Gasteiger partial charge in [-0.15, -0.1) is 6.58 Å². The van der Waals surface area contributed by atoms with Crippen molar-refractivity contribution in [1.82, 2.24) is 4.90 Å². The van der Waals surface area contributed by atoms with E-state index in [1.165, 1.54) is 5.70 Å². The Balaban J connectivity index is 4.02. The molecule has 0 bridgehead atoms. The van der Waals surface area contributed by atoms with E-state index >= 15 is 0 Å². The highest BCUT2D eigenvalue weighted by Gasteiger charge is 2.17. The summed E-state index contributed by atoms with van der Waals surface area (Å²) in [5.74, 6) is 0. The quantitative estimate of drug-likeness (QED) is 0.581. The SMILES string of the molecule is C=CCCC(=C)N(C)C(C)(C)C. The summed E-state index contributed by atoms with van der Waals surface area (Å²) in [6.45, 7) is 14.3. The van der Waals surface area contributed by atoms with Gasteiger partial charge in [0.25, 0.3) is 0 Å². The first-order valence-electron chi connectivity index (χ1n) is 4.42. The summed E-state index contributed by atoms with van der Waals surface area (Å²) < 4.78 is 0. The van der Waals surface area contributed by atoms with E-state index in [-0.39, 0.29) is 5.54 Å². The maximum atomic E-state index is 4.04. The van der Waals surface area contributed by atoms with Crippen LogP contribution in [0.2, 0.25) is 0 Å². The molecular formula is C11H21N. The van der Waals surface area contributed by atoms with Crippen LogP contribution in [0.4, 0.5) is 0 Å². The minimum Gasteiger partial charge on any atom is -0.374 e. The molecule has 0 atom stereocenters. The molecule has 0 amide bonds. The van der Waals surface area contributed by atoms with Crippen LogP contribution in [0.15, 0.2) is 24.9 Å². The Hall–Kier alpha value is -0.720. The molecule has 0 radical (unpaired) electrons. The molecule has 0 N–H and O–H groups in total. The van der Waals surface area contributed by atoms with Gasteiger partial charge in [0.15, 0.2) is 0 Å². The topological polar surface area (TPSA) is 3.24 Å². The van der Waals surface area contributed by atoms with Crippen LogP contribution in [-0.4, -0.2) is 17.5 Å². The Bertz CT molecular complexity index is 162. The number of hydrogen-bond donors (Lipinski definition) is 0. The van der Waals surface area contributed by atoms with E-state index in [0.717, 1.165) is 12.8 Å². The molecule has 70 valence electrons. The van der Waals surface area contributed by atoms with Crippen LogP contribution >= 0.6 is 0 Å². The van der Waals surface area contributed by atoms with Gasteiger partial charge in [0.05, 0.1) is 0 Å². The fraction of sp³-hybridized carbons (Fsp3) is 0.636. The average Bonchev–Trinajstić information content (AvgIpc) is 1.97. The zero-order chi connectivity index (χ0) is 9.78. The third-order valence-electron chi connectivity index (χ3n) is 2.12. The molecule has 0 heterocycles. The predicted molar refractivity (Wildman–Crippen MR) is 56.1 cm³/mol. The van der Waals surface area contributed by atoms with Crippen molar-refractivity contribution >= 4 is 0 Å². The Morgan fingerprint density at radius 3 is 2.25 bits per heavy atom. The van der Waals surface area contributed by atoms with Crippen molar-refractivity contribution in [3.8, 4) is 0 Å². The molecule has 12 heavy (non-hydrogen) atoms. The van der Waals surface area contributed by atoms with Crippen molar-refractivity contribution in [3.05, 3.63) is 24.9 Å². The van der Waals surface area contributed by atoms with Crippen molar-refractivity contribution in [2.45, 2.75) is 39.2 Å². The van der Waals surface area contributed by atoms with Crippen LogP contribution in [0.1, 0.15) is 33.6 Å². The number of allylic oxidation sites excluding steroid dienone is 2. The maximum absolute atomic E-state index is 4.04. The van der Waals surface area contributed by atoms with Crippen LogP contribution in [0.3, 0.4) is 0 Å². The van der Waals surface area contributed by atoms with E-state index in [1.807, 2.05) is 6.08 Å². The first-order chi connectivity index (χ1) is 5.39. The molecule has 0 aliphatic carbocycles. The third-order valence-corrected chi connectivity index (χ3v) is 2.12. The van der Waals surface area contributed by atoms with Crippen molar-refractivity contribution in [3.63, 3.8) is 0 Å². The van der Waals surface area contributed by atoms with E-state index in [0.29, 0.717) is 0 Å². The second kappa shape index (κ2) is 4.34. The highest BCUT2D eigenvalue weighted by atomic mass is 15.2. The molecular weight excluding hydrogens is 146 g/mol. The summed E-state index contributed by atoms with van der Waals surface area (Å²) in [5, 5.41) is 0. The zero-order valence-electron chi connectivity index (χ0n) is 8.85. The highest BCUT2D eigenvalue weighted by Crippen LogP contribution is 2.18. The van der Waals surface area contributed by atoms with E-state index in [1.54, 1.807) is 0 Å². The van der Waals surface area contributed by atoms with Gasteiger partial charge >= 0.3 is 0 Å².